The van der Waals surface area contributed by atoms with Crippen LogP contribution >= 0.6 is 26.9 Å². The van der Waals surface area contributed by atoms with Gasteiger partial charge in [-0.25, -0.2) is 0 Å². The molecule has 0 amide bonds. The maximum atomic E-state index is 7.56. The number of rotatable bonds is 0. The van der Waals surface area contributed by atoms with Gasteiger partial charge in [-0.15, -0.1) is 0 Å². The van der Waals surface area contributed by atoms with E-state index in [1.807, 2.05) is 0 Å². The SMILES string of the molecule is OP(O)(O)=S.OP(O)(O)=S.OP(O)(O)=S.OP(O)(O)=S.[NaH]. The van der Waals surface area contributed by atoms with Crippen molar-refractivity contribution in [3.8, 4) is 0 Å². The van der Waals surface area contributed by atoms with E-state index >= 15 is 0 Å². The molecule has 0 aromatic carbocycles. The molecule has 21 heavy (non-hydrogen) atoms. The van der Waals surface area contributed by atoms with Crippen molar-refractivity contribution in [1.29, 1.82) is 0 Å². The van der Waals surface area contributed by atoms with Crippen LogP contribution in [0, 0.1) is 0 Å². The first-order valence-electron chi connectivity index (χ1n) is 3.13. The summed E-state index contributed by atoms with van der Waals surface area (Å²) in [5, 5.41) is 0. The van der Waals surface area contributed by atoms with Gasteiger partial charge in [-0.1, -0.05) is 0 Å². The second-order valence-corrected chi connectivity index (χ2v) is 12.0. The molecule has 0 aromatic heterocycles. The van der Waals surface area contributed by atoms with Gasteiger partial charge in [0.1, 0.15) is 0 Å². The molecule has 0 radical (unpaired) electrons. The topological polar surface area (TPSA) is 243 Å². The van der Waals surface area contributed by atoms with Gasteiger partial charge < -0.3 is 58.7 Å². The summed E-state index contributed by atoms with van der Waals surface area (Å²) < 4.78 is 0. The number of hydrogen-bond donors (Lipinski definition) is 12. The molecule has 0 saturated carbocycles. The molecule has 0 fully saturated rings. The molecule has 0 aliphatic carbocycles. The van der Waals surface area contributed by atoms with Gasteiger partial charge in [0.15, 0.2) is 0 Å². The zero-order valence-corrected chi connectivity index (χ0v) is 15.6. The molecule has 0 rings (SSSR count). The molecule has 0 saturated heterocycles. The Morgan fingerprint density at radius 3 is 0.333 bits per heavy atom. The van der Waals surface area contributed by atoms with Gasteiger partial charge in [-0.3, -0.25) is 0 Å². The Kier molecular flexibility index (Phi) is 25.8. The Hall–Kier alpha value is 3.12. The van der Waals surface area contributed by atoms with Crippen LogP contribution in [0.25, 0.3) is 0 Å². The molecule has 12 nitrogen and oxygen atoms in total. The molecule has 0 atom stereocenters. The Labute approximate surface area is 161 Å². The molecule has 12 N–H and O–H groups in total. The van der Waals surface area contributed by atoms with Crippen molar-refractivity contribution in [2.45, 2.75) is 0 Å². The van der Waals surface area contributed by atoms with Crippen molar-refractivity contribution >= 4 is 104 Å². The van der Waals surface area contributed by atoms with Crippen LogP contribution in [0.15, 0.2) is 0 Å². The van der Waals surface area contributed by atoms with E-state index < -0.39 is 26.9 Å². The molecule has 21 heteroatoms. The second kappa shape index (κ2) is 15.4. The molecule has 0 unspecified atom stereocenters. The van der Waals surface area contributed by atoms with Gasteiger partial charge in [0.05, 0.1) is 0 Å². The molecular weight excluding hydrogens is 467 g/mol. The van der Waals surface area contributed by atoms with Crippen LogP contribution in [-0.2, 0) is 47.2 Å². The predicted octanol–water partition coefficient (Wildman–Crippen LogP) is -3.90. The van der Waals surface area contributed by atoms with Crippen molar-refractivity contribution in [2.24, 2.45) is 0 Å². The molecular formula is H13NaO12P4S4. The standard InChI is InChI=1S/Na.4H3O3PS.H/c;4*1-4(2,3)5;/h;4*(H3,1,2,3,5);. The van der Waals surface area contributed by atoms with Crippen LogP contribution in [0.5, 0.6) is 0 Å². The average molecular weight is 480 g/mol. The van der Waals surface area contributed by atoms with Crippen molar-refractivity contribution in [3.05, 3.63) is 0 Å². The fraction of sp³-hybridized carbons (Fsp3) is 0. The summed E-state index contributed by atoms with van der Waals surface area (Å²) in [5.74, 6) is 0. The molecule has 0 aliphatic heterocycles. The summed E-state index contributed by atoms with van der Waals surface area (Å²) >= 11 is 14.4. The zero-order valence-electron chi connectivity index (χ0n) is 8.79. The van der Waals surface area contributed by atoms with Crippen molar-refractivity contribution in [2.75, 3.05) is 0 Å². The first kappa shape index (κ1) is 35.3. The van der Waals surface area contributed by atoms with Gasteiger partial charge >= 0.3 is 56.4 Å². The van der Waals surface area contributed by atoms with E-state index in [1.165, 1.54) is 0 Å². The third-order valence-electron chi connectivity index (χ3n) is 0. The van der Waals surface area contributed by atoms with Gasteiger partial charge in [0.2, 0.25) is 0 Å². The quantitative estimate of drug-likeness (QED) is 0.117. The first-order chi connectivity index (χ1) is 8.00. The maximum absolute atomic E-state index is 7.56. The van der Waals surface area contributed by atoms with E-state index in [4.69, 9.17) is 58.7 Å². The second-order valence-electron chi connectivity index (χ2n) is 2.05. The molecule has 0 heterocycles. The summed E-state index contributed by atoms with van der Waals surface area (Å²) in [6, 6.07) is 0. The Morgan fingerprint density at radius 2 is 0.333 bits per heavy atom. The van der Waals surface area contributed by atoms with Crippen molar-refractivity contribution in [1.82, 2.24) is 0 Å². The summed E-state index contributed by atoms with van der Waals surface area (Å²) in [4.78, 5) is 90.7. The average Bonchev–Trinajstić information content (AvgIpc) is 1.62. The monoisotopic (exact) mass is 480 g/mol. The van der Waals surface area contributed by atoms with Crippen molar-refractivity contribution < 1.29 is 58.7 Å². The number of hydrogen-bond acceptors (Lipinski definition) is 4. The molecule has 0 spiro atoms. The van der Waals surface area contributed by atoms with E-state index in [2.05, 4.69) is 47.2 Å². The van der Waals surface area contributed by atoms with Crippen molar-refractivity contribution in [3.63, 3.8) is 0 Å². The fourth-order valence-corrected chi connectivity index (χ4v) is 0. The van der Waals surface area contributed by atoms with E-state index in [0.29, 0.717) is 0 Å². The Morgan fingerprint density at radius 1 is 0.333 bits per heavy atom. The zero-order chi connectivity index (χ0) is 18.0. The normalized spacial score (nSPS) is 11.2. The minimum atomic E-state index is -3.81. The van der Waals surface area contributed by atoms with Crippen LogP contribution in [0.3, 0.4) is 0 Å². The fourth-order valence-electron chi connectivity index (χ4n) is 0. The Balaban J connectivity index is -0.0000000533. The van der Waals surface area contributed by atoms with Gasteiger partial charge in [-0.2, -0.15) is 0 Å². The summed E-state index contributed by atoms with van der Waals surface area (Å²) in [5.41, 5.74) is 0. The van der Waals surface area contributed by atoms with Gasteiger partial charge in [0, 0.05) is 0 Å². The first-order valence-corrected chi connectivity index (χ1v) is 13.8. The van der Waals surface area contributed by atoms with E-state index in [1.54, 1.807) is 0 Å². The third kappa shape index (κ3) is 1060. The van der Waals surface area contributed by atoms with Crippen LogP contribution in [-0.4, -0.2) is 88.3 Å². The third-order valence-corrected chi connectivity index (χ3v) is 0. The predicted molar refractivity (Wildman–Crippen MR) is 90.9 cm³/mol. The van der Waals surface area contributed by atoms with Crippen LogP contribution in [0.2, 0.25) is 0 Å². The van der Waals surface area contributed by atoms with Crippen LogP contribution in [0.1, 0.15) is 0 Å². The molecule has 0 aliphatic rings. The van der Waals surface area contributed by atoms with Crippen LogP contribution in [0.4, 0.5) is 0 Å². The summed E-state index contributed by atoms with van der Waals surface area (Å²) in [7, 11) is 0. The van der Waals surface area contributed by atoms with E-state index in [-0.39, 0.29) is 29.6 Å². The molecule has 130 valence electrons. The van der Waals surface area contributed by atoms with Gasteiger partial charge in [-0.05, 0) is 47.2 Å². The van der Waals surface area contributed by atoms with E-state index in [0.717, 1.165) is 0 Å². The Bertz CT molecular complexity index is 298. The van der Waals surface area contributed by atoms with Crippen LogP contribution < -0.4 is 0 Å². The van der Waals surface area contributed by atoms with Gasteiger partial charge in [0.25, 0.3) is 0 Å². The van der Waals surface area contributed by atoms with E-state index in [9.17, 15) is 0 Å². The molecule has 0 aromatic rings. The minimum absolute atomic E-state index is 0. The molecule has 0 bridgehead atoms. The summed E-state index contributed by atoms with van der Waals surface area (Å²) in [6.07, 6.45) is 0. The summed E-state index contributed by atoms with van der Waals surface area (Å²) in [6.45, 7) is -15.2.